The molecule has 0 bridgehead atoms. The van der Waals surface area contributed by atoms with Crippen LogP contribution in [0.3, 0.4) is 0 Å². The Morgan fingerprint density at radius 1 is 1.04 bits per heavy atom. The number of nitrogens with zero attached hydrogens (tertiary/aromatic N) is 1. The SMILES string of the molecule is Oc1cc2c(cc1CN1CC=C(c3ccccc3)CC1)OCO2. The lowest BCUT2D eigenvalue weighted by Crippen LogP contribution is -2.28. The first-order valence-electron chi connectivity index (χ1n) is 7.88. The molecule has 4 heteroatoms. The topological polar surface area (TPSA) is 41.9 Å². The molecule has 0 radical (unpaired) electrons. The van der Waals surface area contributed by atoms with Crippen LogP contribution in [0.15, 0.2) is 48.5 Å². The van der Waals surface area contributed by atoms with Crippen molar-refractivity contribution in [2.45, 2.75) is 13.0 Å². The Hall–Kier alpha value is -2.46. The van der Waals surface area contributed by atoms with Gasteiger partial charge in [-0.15, -0.1) is 0 Å². The van der Waals surface area contributed by atoms with Gasteiger partial charge in [0.15, 0.2) is 11.5 Å². The quantitative estimate of drug-likeness (QED) is 0.943. The minimum absolute atomic E-state index is 0.227. The third-order valence-electron chi connectivity index (χ3n) is 4.41. The van der Waals surface area contributed by atoms with Crippen molar-refractivity contribution in [3.8, 4) is 17.2 Å². The second-order valence-corrected chi connectivity index (χ2v) is 5.91. The Labute approximate surface area is 135 Å². The lowest BCUT2D eigenvalue weighted by atomic mass is 9.99. The molecule has 0 aromatic heterocycles. The normalized spacial score (nSPS) is 17.1. The van der Waals surface area contributed by atoms with E-state index in [0.717, 1.165) is 30.8 Å². The molecule has 2 aromatic rings. The molecule has 23 heavy (non-hydrogen) atoms. The summed E-state index contributed by atoms with van der Waals surface area (Å²) < 4.78 is 10.7. The summed E-state index contributed by atoms with van der Waals surface area (Å²) in [5, 5.41) is 10.2. The number of hydrogen-bond acceptors (Lipinski definition) is 4. The third-order valence-corrected chi connectivity index (χ3v) is 4.41. The summed E-state index contributed by atoms with van der Waals surface area (Å²) in [6.45, 7) is 2.80. The van der Waals surface area contributed by atoms with Crippen LogP contribution >= 0.6 is 0 Å². The first kappa shape index (κ1) is 14.2. The number of hydrogen-bond donors (Lipinski definition) is 1. The molecule has 0 spiro atoms. The maximum absolute atomic E-state index is 10.2. The zero-order valence-electron chi connectivity index (χ0n) is 12.9. The zero-order chi connectivity index (χ0) is 15.6. The summed E-state index contributed by atoms with van der Waals surface area (Å²) >= 11 is 0. The van der Waals surface area contributed by atoms with Gasteiger partial charge in [-0.05, 0) is 23.6 Å². The van der Waals surface area contributed by atoms with Crippen molar-refractivity contribution in [1.82, 2.24) is 4.90 Å². The smallest absolute Gasteiger partial charge is 0.231 e. The molecule has 4 rings (SSSR count). The highest BCUT2D eigenvalue weighted by Gasteiger charge is 2.19. The van der Waals surface area contributed by atoms with Gasteiger partial charge in [-0.1, -0.05) is 36.4 Å². The Bertz CT molecular complexity index is 740. The van der Waals surface area contributed by atoms with Gasteiger partial charge < -0.3 is 14.6 Å². The summed E-state index contributed by atoms with van der Waals surface area (Å²) in [6.07, 6.45) is 3.30. The van der Waals surface area contributed by atoms with Gasteiger partial charge >= 0.3 is 0 Å². The van der Waals surface area contributed by atoms with Crippen LogP contribution in [0.2, 0.25) is 0 Å². The van der Waals surface area contributed by atoms with Gasteiger partial charge in [0, 0.05) is 31.3 Å². The molecule has 2 aromatic carbocycles. The zero-order valence-corrected chi connectivity index (χ0v) is 12.9. The molecule has 0 saturated heterocycles. The van der Waals surface area contributed by atoms with Crippen molar-refractivity contribution in [3.63, 3.8) is 0 Å². The summed E-state index contributed by atoms with van der Waals surface area (Å²) in [6, 6.07) is 14.0. The lowest BCUT2D eigenvalue weighted by Gasteiger charge is -2.26. The maximum atomic E-state index is 10.2. The average molecular weight is 309 g/mol. The Morgan fingerprint density at radius 2 is 1.83 bits per heavy atom. The van der Waals surface area contributed by atoms with Crippen LogP contribution in [0.5, 0.6) is 17.2 Å². The molecular formula is C19H19NO3. The van der Waals surface area contributed by atoms with E-state index in [9.17, 15) is 5.11 Å². The number of fused-ring (bicyclic) bond motifs is 1. The van der Waals surface area contributed by atoms with Crippen molar-refractivity contribution >= 4 is 5.57 Å². The predicted octanol–water partition coefficient (Wildman–Crippen LogP) is 3.41. The molecule has 4 nitrogen and oxygen atoms in total. The number of phenolic OH excluding ortho intramolecular Hbond substituents is 1. The highest BCUT2D eigenvalue weighted by Crippen LogP contribution is 2.38. The molecule has 0 fully saturated rings. The second-order valence-electron chi connectivity index (χ2n) is 5.91. The predicted molar refractivity (Wildman–Crippen MR) is 88.5 cm³/mol. The van der Waals surface area contributed by atoms with Gasteiger partial charge in [-0.2, -0.15) is 0 Å². The fraction of sp³-hybridized carbons (Fsp3) is 0.263. The Balaban J connectivity index is 1.46. The van der Waals surface area contributed by atoms with E-state index in [0.29, 0.717) is 12.3 Å². The van der Waals surface area contributed by atoms with E-state index < -0.39 is 0 Å². The van der Waals surface area contributed by atoms with Gasteiger partial charge in [0.2, 0.25) is 6.79 Å². The van der Waals surface area contributed by atoms with Crippen molar-refractivity contribution < 1.29 is 14.6 Å². The third kappa shape index (κ3) is 2.90. The van der Waals surface area contributed by atoms with Crippen LogP contribution in [-0.2, 0) is 6.54 Å². The highest BCUT2D eigenvalue weighted by atomic mass is 16.7. The molecule has 2 aliphatic rings. The fourth-order valence-corrected chi connectivity index (χ4v) is 3.11. The monoisotopic (exact) mass is 309 g/mol. The van der Waals surface area contributed by atoms with Gasteiger partial charge in [0.1, 0.15) is 5.75 Å². The summed E-state index contributed by atoms with van der Waals surface area (Å²) in [5.74, 6) is 1.61. The van der Waals surface area contributed by atoms with E-state index in [1.165, 1.54) is 11.1 Å². The van der Waals surface area contributed by atoms with Crippen LogP contribution < -0.4 is 9.47 Å². The largest absolute Gasteiger partial charge is 0.507 e. The van der Waals surface area contributed by atoms with Crippen LogP contribution in [0.1, 0.15) is 17.5 Å². The van der Waals surface area contributed by atoms with E-state index in [1.807, 2.05) is 12.1 Å². The first-order chi connectivity index (χ1) is 11.3. The van der Waals surface area contributed by atoms with Crippen LogP contribution in [-0.4, -0.2) is 29.9 Å². The van der Waals surface area contributed by atoms with Gasteiger partial charge in [-0.25, -0.2) is 0 Å². The number of ether oxygens (including phenoxy) is 2. The minimum atomic E-state index is 0.227. The molecule has 0 amide bonds. The minimum Gasteiger partial charge on any atom is -0.507 e. The molecule has 2 heterocycles. The summed E-state index contributed by atoms with van der Waals surface area (Å²) in [4.78, 5) is 2.32. The standard InChI is InChI=1S/C19H19NO3/c21-17-11-19-18(22-13-23-19)10-16(17)12-20-8-6-15(7-9-20)14-4-2-1-3-5-14/h1-6,10-11,21H,7-9,12-13H2. The van der Waals surface area contributed by atoms with Crippen molar-refractivity contribution in [2.75, 3.05) is 19.9 Å². The fourth-order valence-electron chi connectivity index (χ4n) is 3.11. The maximum Gasteiger partial charge on any atom is 0.231 e. The van der Waals surface area contributed by atoms with Gasteiger partial charge in [-0.3, -0.25) is 4.90 Å². The van der Waals surface area contributed by atoms with E-state index in [4.69, 9.17) is 9.47 Å². The molecule has 118 valence electrons. The van der Waals surface area contributed by atoms with Gasteiger partial charge in [0.05, 0.1) is 0 Å². The summed E-state index contributed by atoms with van der Waals surface area (Å²) in [7, 11) is 0. The summed E-state index contributed by atoms with van der Waals surface area (Å²) in [5.41, 5.74) is 3.58. The van der Waals surface area contributed by atoms with Crippen molar-refractivity contribution in [1.29, 1.82) is 0 Å². The molecule has 0 atom stereocenters. The van der Waals surface area contributed by atoms with Crippen LogP contribution in [0.4, 0.5) is 0 Å². The first-order valence-corrected chi connectivity index (χ1v) is 7.88. The van der Waals surface area contributed by atoms with E-state index in [1.54, 1.807) is 6.07 Å². The molecule has 0 saturated carbocycles. The Kier molecular flexibility index (Phi) is 3.67. The molecular weight excluding hydrogens is 290 g/mol. The molecule has 0 unspecified atom stereocenters. The second kappa shape index (κ2) is 5.97. The lowest BCUT2D eigenvalue weighted by molar-refractivity contribution is 0.174. The molecule has 2 aliphatic heterocycles. The van der Waals surface area contributed by atoms with Crippen molar-refractivity contribution in [2.24, 2.45) is 0 Å². The van der Waals surface area contributed by atoms with Crippen LogP contribution in [0.25, 0.3) is 5.57 Å². The number of phenols is 1. The molecule has 1 N–H and O–H groups in total. The number of benzene rings is 2. The van der Waals surface area contributed by atoms with Gasteiger partial charge in [0.25, 0.3) is 0 Å². The van der Waals surface area contributed by atoms with Crippen molar-refractivity contribution in [3.05, 3.63) is 59.7 Å². The van der Waals surface area contributed by atoms with E-state index in [-0.39, 0.29) is 12.5 Å². The average Bonchev–Trinajstić information content (AvgIpc) is 3.04. The van der Waals surface area contributed by atoms with E-state index >= 15 is 0 Å². The Morgan fingerprint density at radius 3 is 2.57 bits per heavy atom. The number of rotatable bonds is 3. The number of aromatic hydroxyl groups is 1. The van der Waals surface area contributed by atoms with Crippen LogP contribution in [0, 0.1) is 0 Å². The highest BCUT2D eigenvalue weighted by molar-refractivity contribution is 5.66. The van der Waals surface area contributed by atoms with E-state index in [2.05, 4.69) is 35.2 Å². The molecule has 0 aliphatic carbocycles.